The van der Waals surface area contributed by atoms with Crippen molar-refractivity contribution in [1.82, 2.24) is 0 Å². The number of nitrogens with zero attached hydrogens (tertiary/aromatic N) is 1. The Balaban J connectivity index is 4.36. The van der Waals surface area contributed by atoms with Crippen LogP contribution in [0.2, 0.25) is 0 Å². The van der Waals surface area contributed by atoms with Crippen LogP contribution in [0, 0.1) is 0 Å². The van der Waals surface area contributed by atoms with Crippen molar-refractivity contribution in [2.75, 3.05) is 47.5 Å². The van der Waals surface area contributed by atoms with E-state index in [9.17, 15) is 19.5 Å². The summed E-state index contributed by atoms with van der Waals surface area (Å²) in [5.41, 5.74) is 0. The molecule has 0 saturated carbocycles. The van der Waals surface area contributed by atoms with Crippen LogP contribution in [0.15, 0.2) is 72.9 Å². The molecule has 0 aromatic rings. The van der Waals surface area contributed by atoms with Gasteiger partial charge in [0.25, 0.3) is 0 Å². The predicted octanol–water partition coefficient (Wildman–Crippen LogP) is 14.1. The van der Waals surface area contributed by atoms with Crippen LogP contribution < -0.4 is 5.11 Å². The maximum Gasteiger partial charge on any atom is 0.306 e. The zero-order valence-corrected chi connectivity index (χ0v) is 43.8. The molecular weight excluding hydrogens is 839 g/mol. The molecule has 0 rings (SSSR count). The number of carboxylic acids is 1. The minimum atomic E-state index is -1.63. The van der Waals surface area contributed by atoms with Crippen molar-refractivity contribution in [2.45, 2.75) is 232 Å². The Bertz CT molecular complexity index is 1330. The highest BCUT2D eigenvalue weighted by Gasteiger charge is 2.22. The summed E-state index contributed by atoms with van der Waals surface area (Å²) >= 11 is 0. The monoisotopic (exact) mass is 940 g/mol. The first-order chi connectivity index (χ1) is 32.6. The summed E-state index contributed by atoms with van der Waals surface area (Å²) < 4.78 is 22.6. The number of hydrogen-bond acceptors (Lipinski definition) is 8. The van der Waals surface area contributed by atoms with Crippen molar-refractivity contribution in [3.8, 4) is 0 Å². The first-order valence-electron chi connectivity index (χ1n) is 27.1. The van der Waals surface area contributed by atoms with Crippen LogP contribution in [-0.4, -0.2) is 82.3 Å². The van der Waals surface area contributed by atoms with Crippen LogP contribution in [-0.2, 0) is 33.3 Å². The lowest BCUT2D eigenvalue weighted by Gasteiger charge is -2.26. The van der Waals surface area contributed by atoms with E-state index in [1.165, 1.54) is 103 Å². The Morgan fingerprint density at radius 2 is 0.851 bits per heavy atom. The summed E-state index contributed by atoms with van der Waals surface area (Å²) in [5.74, 6) is -2.31. The highest BCUT2D eigenvalue weighted by atomic mass is 16.7. The number of likely N-dealkylation sites (N-methyl/N-ethyl adjacent to an activating group) is 1. The average molecular weight is 940 g/mol. The van der Waals surface area contributed by atoms with Crippen LogP contribution in [0.25, 0.3) is 0 Å². The van der Waals surface area contributed by atoms with E-state index < -0.39 is 24.3 Å². The van der Waals surface area contributed by atoms with E-state index in [0.29, 0.717) is 17.4 Å². The maximum atomic E-state index is 12.8. The van der Waals surface area contributed by atoms with Gasteiger partial charge in [-0.3, -0.25) is 9.59 Å². The summed E-state index contributed by atoms with van der Waals surface area (Å²) in [6, 6.07) is 0. The molecule has 0 heterocycles. The summed E-state index contributed by atoms with van der Waals surface area (Å²) in [6.07, 6.45) is 59.4. The van der Waals surface area contributed by atoms with E-state index in [2.05, 4.69) is 86.8 Å². The summed E-state index contributed by atoms with van der Waals surface area (Å²) in [4.78, 5) is 37.2. The third-order valence-corrected chi connectivity index (χ3v) is 11.4. The van der Waals surface area contributed by atoms with Gasteiger partial charge in [0.2, 0.25) is 0 Å². The molecule has 0 aromatic carbocycles. The number of rotatable bonds is 49. The van der Waals surface area contributed by atoms with Crippen LogP contribution in [0.5, 0.6) is 0 Å². The van der Waals surface area contributed by atoms with Crippen molar-refractivity contribution in [3.05, 3.63) is 72.9 Å². The third kappa shape index (κ3) is 50.4. The molecule has 0 bridgehead atoms. The fourth-order valence-electron chi connectivity index (χ4n) is 7.26. The second-order valence-electron chi connectivity index (χ2n) is 19.1. The van der Waals surface area contributed by atoms with E-state index in [1.807, 2.05) is 21.1 Å². The molecule has 0 aliphatic rings. The first-order valence-corrected chi connectivity index (χ1v) is 27.1. The van der Waals surface area contributed by atoms with Gasteiger partial charge in [-0.1, -0.05) is 196 Å². The second kappa shape index (κ2) is 49.2. The van der Waals surface area contributed by atoms with Crippen molar-refractivity contribution >= 4 is 17.9 Å². The lowest BCUT2D eigenvalue weighted by atomic mass is 10.1. The molecule has 0 saturated heterocycles. The van der Waals surface area contributed by atoms with E-state index >= 15 is 0 Å². The fraction of sp³-hybridized carbons (Fsp3) is 0.741. The maximum absolute atomic E-state index is 12.8. The minimum Gasteiger partial charge on any atom is -0.545 e. The van der Waals surface area contributed by atoms with Crippen LogP contribution in [0.4, 0.5) is 0 Å². The average Bonchev–Trinajstić information content (AvgIpc) is 3.29. The molecule has 67 heavy (non-hydrogen) atoms. The number of allylic oxidation sites excluding steroid dienone is 12. The van der Waals surface area contributed by atoms with Crippen molar-refractivity contribution in [3.63, 3.8) is 0 Å². The van der Waals surface area contributed by atoms with E-state index in [1.54, 1.807) is 0 Å². The summed E-state index contributed by atoms with van der Waals surface area (Å²) in [6.45, 7) is 4.61. The molecule has 0 radical (unpaired) electrons. The first kappa shape index (κ1) is 63.7. The zero-order chi connectivity index (χ0) is 49.2. The number of aliphatic carboxylic acids is 1. The molecule has 0 aliphatic heterocycles. The van der Waals surface area contributed by atoms with Gasteiger partial charge in [-0.15, -0.1) is 0 Å². The topological polar surface area (TPSA) is 111 Å². The van der Waals surface area contributed by atoms with Crippen molar-refractivity contribution in [2.24, 2.45) is 0 Å². The quantitative estimate of drug-likeness (QED) is 0.0195. The van der Waals surface area contributed by atoms with Gasteiger partial charge in [0.1, 0.15) is 13.2 Å². The molecule has 0 N–H and O–H groups in total. The normalized spacial score (nSPS) is 13.4. The smallest absolute Gasteiger partial charge is 0.306 e. The van der Waals surface area contributed by atoms with Gasteiger partial charge in [-0.25, -0.2) is 0 Å². The van der Waals surface area contributed by atoms with Gasteiger partial charge in [-0.05, 0) is 83.5 Å². The van der Waals surface area contributed by atoms with Gasteiger partial charge in [-0.2, -0.15) is 0 Å². The minimum absolute atomic E-state index is 0.140. The number of ether oxygens (including phenoxy) is 4. The molecule has 9 nitrogen and oxygen atoms in total. The molecule has 386 valence electrons. The number of carbonyl (C=O) groups excluding carboxylic acids is 3. The van der Waals surface area contributed by atoms with Crippen LogP contribution in [0.3, 0.4) is 0 Å². The second-order valence-corrected chi connectivity index (χ2v) is 19.1. The van der Waals surface area contributed by atoms with Crippen LogP contribution >= 0.6 is 0 Å². The number of carbonyl (C=O) groups is 3. The number of hydrogen-bond donors (Lipinski definition) is 0. The third-order valence-electron chi connectivity index (χ3n) is 11.4. The summed E-state index contributed by atoms with van der Waals surface area (Å²) in [5, 5.41) is 11.8. The van der Waals surface area contributed by atoms with E-state index in [-0.39, 0.29) is 38.6 Å². The molecule has 0 spiro atoms. The van der Waals surface area contributed by atoms with Crippen molar-refractivity contribution < 1.29 is 42.9 Å². The molecule has 0 aromatic heterocycles. The Morgan fingerprint density at radius 3 is 1.28 bits per heavy atom. The molecule has 0 amide bonds. The molecular formula is C58H101NO8. The largest absolute Gasteiger partial charge is 0.545 e. The van der Waals surface area contributed by atoms with Gasteiger partial charge < -0.3 is 33.3 Å². The predicted molar refractivity (Wildman–Crippen MR) is 278 cm³/mol. The number of unbranched alkanes of at least 4 members (excludes halogenated alkanes) is 22. The van der Waals surface area contributed by atoms with E-state index in [0.717, 1.165) is 83.5 Å². The molecule has 0 aliphatic carbocycles. The molecule has 2 atom stereocenters. The lowest BCUT2D eigenvalue weighted by Crippen LogP contribution is -2.44. The van der Waals surface area contributed by atoms with Gasteiger partial charge in [0, 0.05) is 12.8 Å². The van der Waals surface area contributed by atoms with Crippen LogP contribution in [0.1, 0.15) is 219 Å². The number of quaternary nitrogens is 1. The highest BCUT2D eigenvalue weighted by molar-refractivity contribution is 5.70. The Kier molecular flexibility index (Phi) is 46.8. The molecule has 2 unspecified atom stereocenters. The van der Waals surface area contributed by atoms with Gasteiger partial charge in [0.15, 0.2) is 12.4 Å². The standard InChI is InChI=1S/C58H101NO8/c1-6-8-10-12-14-16-18-20-22-24-26-28-30-32-34-36-38-40-42-44-46-48-55(60)65-52-54(53-66-58(57(62)63)64-51-50-59(3,4)5)67-56(61)49-47-45-43-41-39-37-35-33-31-29-27-25-23-21-19-17-15-13-11-9-7-2/h9,11,15,17,21,23-24,26-27,29,33,35,54,58H,6-8,10,12-14,16,18-20,22,25,28,30-32,34,36-53H2,1-5H3/b11-9-,17-15-,23-21-,26-24-,29-27-,35-33-. The number of carboxylic acid groups (broad SMARTS) is 1. The van der Waals surface area contributed by atoms with E-state index in [4.69, 9.17) is 18.9 Å². The zero-order valence-electron chi connectivity index (χ0n) is 43.8. The van der Waals surface area contributed by atoms with Gasteiger partial charge >= 0.3 is 11.9 Å². The highest BCUT2D eigenvalue weighted by Crippen LogP contribution is 2.15. The molecule has 0 fully saturated rings. The fourth-order valence-corrected chi connectivity index (χ4v) is 7.26. The number of esters is 2. The Labute approximate surface area is 411 Å². The van der Waals surface area contributed by atoms with Crippen molar-refractivity contribution in [1.29, 1.82) is 0 Å². The SMILES string of the molecule is CC/C=C\C/C=C\C/C=C\C/C=C\C/C=C\CCCCCCCC(=O)OC(COC(=O)CCCCCCCCCCC/C=C\CCCCCCCCCC)COC(OCC[N+](C)(C)C)C(=O)[O-]. The summed E-state index contributed by atoms with van der Waals surface area (Å²) in [7, 11) is 5.91. The Morgan fingerprint density at radius 1 is 0.463 bits per heavy atom. The Hall–Kier alpha value is -3.27. The lowest BCUT2D eigenvalue weighted by molar-refractivity contribution is -0.870. The van der Waals surface area contributed by atoms with Gasteiger partial charge in [0.05, 0.1) is 40.3 Å². The molecule has 9 heteroatoms.